The molecule has 0 saturated carbocycles. The van der Waals surface area contributed by atoms with Crippen LogP contribution in [0.15, 0.2) is 112 Å². The van der Waals surface area contributed by atoms with Gasteiger partial charge in [0, 0.05) is 22.9 Å². The Morgan fingerprint density at radius 3 is 2.11 bits per heavy atom. The van der Waals surface area contributed by atoms with Crippen LogP contribution in [0.25, 0.3) is 22.0 Å². The second kappa shape index (κ2) is 11.7. The number of amides is 2. The van der Waals surface area contributed by atoms with E-state index in [1.807, 2.05) is 24.3 Å². The predicted octanol–water partition coefficient (Wildman–Crippen LogP) is 6.21. The fourth-order valence-electron chi connectivity index (χ4n) is 5.01. The second-order valence-electron chi connectivity index (χ2n) is 9.94. The van der Waals surface area contributed by atoms with Gasteiger partial charge in [-0.05, 0) is 48.9 Å². The number of azo groups is 1. The molecule has 0 atom stereocenters. The molecule has 0 aliphatic carbocycles. The number of nitrogen functional groups attached to an aromatic ring is 1. The number of hydrogen-bond acceptors (Lipinski definition) is 9. The molecule has 1 aliphatic heterocycles. The summed E-state index contributed by atoms with van der Waals surface area (Å²) in [5, 5.41) is 9.00. The van der Waals surface area contributed by atoms with E-state index in [4.69, 9.17) is 10.5 Å². The van der Waals surface area contributed by atoms with Crippen molar-refractivity contribution in [2.45, 2.75) is 11.3 Å². The normalized spacial score (nSPS) is 13.2. The molecule has 11 nitrogen and oxygen atoms in total. The number of pyridine rings is 1. The number of carbonyl (C=O) groups excluding carboxylic acids is 2. The van der Waals surface area contributed by atoms with Crippen molar-refractivity contribution in [1.29, 1.82) is 0 Å². The van der Waals surface area contributed by atoms with E-state index in [0.29, 0.717) is 40.1 Å². The van der Waals surface area contributed by atoms with Crippen molar-refractivity contribution in [2.24, 2.45) is 10.2 Å². The van der Waals surface area contributed by atoms with Crippen molar-refractivity contribution in [2.75, 3.05) is 18.9 Å². The van der Waals surface area contributed by atoms with Crippen LogP contribution in [-0.4, -0.2) is 47.8 Å². The molecular weight excluding hydrogens is 582 g/mol. The van der Waals surface area contributed by atoms with Gasteiger partial charge in [-0.3, -0.25) is 24.0 Å². The van der Waals surface area contributed by atoms with Crippen molar-refractivity contribution >= 4 is 49.8 Å². The lowest BCUT2D eigenvalue weighted by Gasteiger charge is -2.15. The summed E-state index contributed by atoms with van der Waals surface area (Å²) in [6.07, 6.45) is 1.95. The van der Waals surface area contributed by atoms with Crippen molar-refractivity contribution < 1.29 is 27.3 Å². The van der Waals surface area contributed by atoms with Gasteiger partial charge in [0.1, 0.15) is 22.0 Å². The number of hydrogen-bond donors (Lipinski definition) is 2. The summed E-state index contributed by atoms with van der Waals surface area (Å²) in [6, 6.07) is 25.3. The lowest BCUT2D eigenvalue weighted by molar-refractivity contribution is 0.0646. The molecule has 1 aromatic heterocycles. The third-order valence-corrected chi connectivity index (χ3v) is 8.04. The SMILES string of the molecule is Nc1c(/N=N/c2ccc(-c3ccccc3OCCCN3C(=O)c4ccccc4C3=O)nc2)cc(S(=O)(=O)O)c2ccccc12. The molecule has 4 aromatic carbocycles. The van der Waals surface area contributed by atoms with E-state index in [2.05, 4.69) is 15.2 Å². The Morgan fingerprint density at radius 2 is 1.45 bits per heavy atom. The van der Waals surface area contributed by atoms with E-state index in [0.717, 1.165) is 5.56 Å². The molecule has 44 heavy (non-hydrogen) atoms. The average molecular weight is 608 g/mol. The molecule has 0 spiro atoms. The van der Waals surface area contributed by atoms with Gasteiger partial charge in [-0.15, -0.1) is 10.2 Å². The lowest BCUT2D eigenvalue weighted by Crippen LogP contribution is -2.31. The van der Waals surface area contributed by atoms with E-state index in [1.165, 1.54) is 17.2 Å². The van der Waals surface area contributed by atoms with Gasteiger partial charge < -0.3 is 10.5 Å². The Bertz CT molecular complexity index is 2030. The summed E-state index contributed by atoms with van der Waals surface area (Å²) >= 11 is 0. The van der Waals surface area contributed by atoms with E-state index in [-0.39, 0.29) is 46.6 Å². The standard InChI is InChI=1S/C32H25N5O6S/c33-30-22-9-2-1-8-21(22)29(44(40,41)42)18-27(30)36-35-20-14-15-26(34-19-20)25-12-5-6-13-28(25)43-17-7-16-37-31(38)23-10-3-4-11-24(23)32(37)39/h1-6,8-15,18-19H,7,16-17,33H2,(H,40,41,42)/b36-35+. The Morgan fingerprint density at radius 1 is 0.818 bits per heavy atom. The number of ether oxygens (including phenoxy) is 1. The number of nitrogens with zero attached hydrogens (tertiary/aromatic N) is 4. The fraction of sp³-hybridized carbons (Fsp3) is 0.0938. The van der Waals surface area contributed by atoms with Crippen LogP contribution in [0.1, 0.15) is 27.1 Å². The van der Waals surface area contributed by atoms with Gasteiger partial charge in [-0.1, -0.05) is 48.5 Å². The highest BCUT2D eigenvalue weighted by Gasteiger charge is 2.34. The maximum atomic E-state index is 12.6. The minimum atomic E-state index is -4.53. The van der Waals surface area contributed by atoms with Crippen LogP contribution in [0.2, 0.25) is 0 Å². The first-order valence-electron chi connectivity index (χ1n) is 13.6. The second-order valence-corrected chi connectivity index (χ2v) is 11.3. The molecule has 0 fully saturated rings. The molecule has 220 valence electrons. The maximum Gasteiger partial charge on any atom is 0.295 e. The van der Waals surface area contributed by atoms with Crippen LogP contribution >= 0.6 is 0 Å². The molecule has 0 radical (unpaired) electrons. The predicted molar refractivity (Wildman–Crippen MR) is 164 cm³/mol. The smallest absolute Gasteiger partial charge is 0.295 e. The number of rotatable bonds is 9. The van der Waals surface area contributed by atoms with Crippen molar-refractivity contribution in [3.63, 3.8) is 0 Å². The number of para-hydroxylation sites is 1. The molecule has 2 amide bonds. The highest BCUT2D eigenvalue weighted by Crippen LogP contribution is 2.37. The number of fused-ring (bicyclic) bond motifs is 2. The zero-order chi connectivity index (χ0) is 30.8. The summed E-state index contributed by atoms with van der Waals surface area (Å²) in [5.41, 5.74) is 9.10. The largest absolute Gasteiger partial charge is 0.493 e. The van der Waals surface area contributed by atoms with Crippen LogP contribution in [0, 0.1) is 0 Å². The summed E-state index contributed by atoms with van der Waals surface area (Å²) < 4.78 is 39.7. The topological polar surface area (TPSA) is 165 Å². The van der Waals surface area contributed by atoms with E-state index >= 15 is 0 Å². The molecule has 5 aromatic rings. The van der Waals surface area contributed by atoms with Crippen LogP contribution < -0.4 is 10.5 Å². The first-order chi connectivity index (χ1) is 21.2. The van der Waals surface area contributed by atoms with Gasteiger partial charge in [-0.25, -0.2) is 0 Å². The van der Waals surface area contributed by atoms with Crippen LogP contribution in [-0.2, 0) is 10.1 Å². The first-order valence-corrected chi connectivity index (χ1v) is 15.0. The van der Waals surface area contributed by atoms with Crippen molar-refractivity contribution in [3.8, 4) is 17.0 Å². The summed E-state index contributed by atoms with van der Waals surface area (Å²) in [7, 11) is -4.53. The molecule has 3 N–H and O–H groups in total. The minimum absolute atomic E-state index is 0.0837. The van der Waals surface area contributed by atoms with Gasteiger partial charge in [0.05, 0.1) is 35.3 Å². The van der Waals surface area contributed by atoms with Crippen LogP contribution in [0.5, 0.6) is 5.75 Å². The van der Waals surface area contributed by atoms with Gasteiger partial charge in [0.25, 0.3) is 21.9 Å². The third-order valence-electron chi connectivity index (χ3n) is 7.15. The minimum Gasteiger partial charge on any atom is -0.493 e. The Balaban J connectivity index is 1.14. The van der Waals surface area contributed by atoms with Gasteiger partial charge in [0.15, 0.2) is 0 Å². The number of imide groups is 1. The number of carbonyl (C=O) groups is 2. The Labute approximate surface area is 252 Å². The highest BCUT2D eigenvalue weighted by molar-refractivity contribution is 7.86. The molecule has 12 heteroatoms. The summed E-state index contributed by atoms with van der Waals surface area (Å²) in [6.45, 7) is 0.509. The maximum absolute atomic E-state index is 12.6. The first kappa shape index (κ1) is 28.6. The van der Waals surface area contributed by atoms with Crippen LogP contribution in [0.3, 0.4) is 0 Å². The zero-order valence-electron chi connectivity index (χ0n) is 23.1. The van der Waals surface area contributed by atoms with E-state index < -0.39 is 10.1 Å². The number of nitrogens with two attached hydrogens (primary N) is 1. The van der Waals surface area contributed by atoms with Crippen molar-refractivity contribution in [1.82, 2.24) is 9.88 Å². The lowest BCUT2D eigenvalue weighted by atomic mass is 10.1. The zero-order valence-corrected chi connectivity index (χ0v) is 23.9. The number of benzene rings is 4. The number of anilines is 1. The molecule has 0 bridgehead atoms. The summed E-state index contributed by atoms with van der Waals surface area (Å²) in [5.74, 6) is -0.0114. The van der Waals surface area contributed by atoms with E-state index in [9.17, 15) is 22.6 Å². The van der Waals surface area contributed by atoms with Gasteiger partial charge >= 0.3 is 0 Å². The van der Waals surface area contributed by atoms with Crippen LogP contribution in [0.4, 0.5) is 17.1 Å². The summed E-state index contributed by atoms with van der Waals surface area (Å²) in [4.78, 5) is 30.6. The third kappa shape index (κ3) is 5.51. The molecule has 0 saturated heterocycles. The highest BCUT2D eigenvalue weighted by atomic mass is 32.2. The van der Waals surface area contributed by atoms with Crippen molar-refractivity contribution in [3.05, 3.63) is 108 Å². The van der Waals surface area contributed by atoms with Gasteiger partial charge in [-0.2, -0.15) is 8.42 Å². The monoisotopic (exact) mass is 607 g/mol. The quantitative estimate of drug-likeness (QED) is 0.0656. The number of aromatic nitrogens is 1. The molecular formula is C32H25N5O6S. The van der Waals surface area contributed by atoms with E-state index in [1.54, 1.807) is 60.7 Å². The average Bonchev–Trinajstić information content (AvgIpc) is 3.27. The molecule has 2 heterocycles. The Hall–Kier alpha value is -5.46. The van der Waals surface area contributed by atoms with Gasteiger partial charge in [0.2, 0.25) is 0 Å². The molecule has 0 unspecified atom stereocenters. The molecule has 6 rings (SSSR count). The Kier molecular flexibility index (Phi) is 7.60. The molecule has 1 aliphatic rings. The fourth-order valence-corrected chi connectivity index (χ4v) is 5.73.